The van der Waals surface area contributed by atoms with Gasteiger partial charge in [-0.25, -0.2) is 13.4 Å². The molecular weight excluding hydrogens is 248 g/mol. The Balaban J connectivity index is 3.01. The van der Waals surface area contributed by atoms with Gasteiger partial charge in [-0.3, -0.25) is 0 Å². The lowest BCUT2D eigenvalue weighted by Gasteiger charge is -2.01. The van der Waals surface area contributed by atoms with Gasteiger partial charge in [0.1, 0.15) is 5.84 Å². The zero-order valence-electron chi connectivity index (χ0n) is 8.85. The monoisotopic (exact) mass is 260 g/mol. The molecule has 0 amide bonds. The molecule has 0 aliphatic carbocycles. The molecule has 88 valence electrons. The van der Waals surface area contributed by atoms with E-state index in [2.05, 4.69) is 4.99 Å². The molecule has 0 aliphatic rings. The Labute approximate surface area is 100 Å². The summed E-state index contributed by atoms with van der Waals surface area (Å²) in [5.74, 6) is 0.529. The van der Waals surface area contributed by atoms with E-state index in [4.69, 9.17) is 17.3 Å². The van der Waals surface area contributed by atoms with E-state index < -0.39 is 9.84 Å². The molecule has 0 atom stereocenters. The fraction of sp³-hybridized carbons (Fsp3) is 0.300. The molecule has 0 spiro atoms. The van der Waals surface area contributed by atoms with Crippen molar-refractivity contribution in [3.8, 4) is 0 Å². The minimum Gasteiger partial charge on any atom is -0.386 e. The van der Waals surface area contributed by atoms with Crippen LogP contribution in [0.2, 0.25) is 0 Å². The molecule has 0 aromatic heterocycles. The van der Waals surface area contributed by atoms with Gasteiger partial charge in [0, 0.05) is 0 Å². The summed E-state index contributed by atoms with van der Waals surface area (Å²) in [6, 6.07) is 6.22. The number of sulfone groups is 1. The van der Waals surface area contributed by atoms with Gasteiger partial charge in [-0.1, -0.05) is 6.92 Å². The van der Waals surface area contributed by atoms with Crippen LogP contribution in [0.1, 0.15) is 6.92 Å². The number of hydrogen-bond acceptors (Lipinski definition) is 3. The van der Waals surface area contributed by atoms with Gasteiger partial charge in [0.05, 0.1) is 22.2 Å². The van der Waals surface area contributed by atoms with Gasteiger partial charge in [-0.15, -0.1) is 11.6 Å². The maximum atomic E-state index is 11.5. The SMILES string of the molecule is CCS(=O)(=O)c1ccc(N=C(N)CCl)cc1. The van der Waals surface area contributed by atoms with Crippen molar-refractivity contribution in [1.29, 1.82) is 0 Å². The average molecular weight is 261 g/mol. The van der Waals surface area contributed by atoms with E-state index in [1.165, 1.54) is 12.1 Å². The molecule has 1 rings (SSSR count). The first-order valence-corrected chi connectivity index (χ1v) is 6.90. The van der Waals surface area contributed by atoms with Crippen molar-refractivity contribution in [1.82, 2.24) is 0 Å². The van der Waals surface area contributed by atoms with Gasteiger partial charge in [0.25, 0.3) is 0 Å². The van der Waals surface area contributed by atoms with Gasteiger partial charge < -0.3 is 5.73 Å². The summed E-state index contributed by atoms with van der Waals surface area (Å²) < 4.78 is 23.0. The molecule has 16 heavy (non-hydrogen) atoms. The number of nitrogens with zero attached hydrogens (tertiary/aromatic N) is 1. The number of halogens is 1. The maximum absolute atomic E-state index is 11.5. The third kappa shape index (κ3) is 3.21. The van der Waals surface area contributed by atoms with Crippen LogP contribution in [-0.4, -0.2) is 25.9 Å². The van der Waals surface area contributed by atoms with Crippen molar-refractivity contribution in [2.75, 3.05) is 11.6 Å². The van der Waals surface area contributed by atoms with Gasteiger partial charge in [0.2, 0.25) is 0 Å². The maximum Gasteiger partial charge on any atom is 0.178 e. The highest BCUT2D eigenvalue weighted by Gasteiger charge is 2.10. The Bertz CT molecular complexity index is 480. The summed E-state index contributed by atoms with van der Waals surface area (Å²) in [4.78, 5) is 4.28. The average Bonchev–Trinajstić information content (AvgIpc) is 2.29. The molecule has 2 N–H and O–H groups in total. The Morgan fingerprint density at radius 2 is 1.94 bits per heavy atom. The lowest BCUT2D eigenvalue weighted by atomic mass is 10.3. The topological polar surface area (TPSA) is 72.5 Å². The fourth-order valence-electron chi connectivity index (χ4n) is 1.09. The third-order valence-electron chi connectivity index (χ3n) is 1.99. The number of alkyl halides is 1. The minimum atomic E-state index is -3.15. The molecule has 0 heterocycles. The van der Waals surface area contributed by atoms with Crippen LogP contribution in [0, 0.1) is 0 Å². The van der Waals surface area contributed by atoms with Crippen LogP contribution < -0.4 is 5.73 Å². The van der Waals surface area contributed by atoms with Crippen molar-refractivity contribution < 1.29 is 8.42 Å². The van der Waals surface area contributed by atoms with Crippen molar-refractivity contribution in [3.63, 3.8) is 0 Å². The number of nitrogens with two attached hydrogens (primary N) is 1. The van der Waals surface area contributed by atoms with E-state index in [-0.39, 0.29) is 11.6 Å². The second-order valence-electron chi connectivity index (χ2n) is 3.13. The van der Waals surface area contributed by atoms with Crippen molar-refractivity contribution in [2.24, 2.45) is 10.7 Å². The molecule has 4 nitrogen and oxygen atoms in total. The predicted molar refractivity (Wildman–Crippen MR) is 66.2 cm³/mol. The van der Waals surface area contributed by atoms with E-state index in [1.807, 2.05) is 0 Å². The highest BCUT2D eigenvalue weighted by Crippen LogP contribution is 2.17. The van der Waals surface area contributed by atoms with Crippen LogP contribution in [0.3, 0.4) is 0 Å². The van der Waals surface area contributed by atoms with Crippen LogP contribution in [0.25, 0.3) is 0 Å². The van der Waals surface area contributed by atoms with Crippen molar-refractivity contribution >= 4 is 33.0 Å². The first-order chi connectivity index (χ1) is 7.49. The summed E-state index contributed by atoms with van der Waals surface area (Å²) in [5.41, 5.74) is 6.05. The minimum absolute atomic E-state index is 0.0828. The molecule has 0 unspecified atom stereocenters. The van der Waals surface area contributed by atoms with Crippen LogP contribution in [0.5, 0.6) is 0 Å². The Morgan fingerprint density at radius 3 is 2.38 bits per heavy atom. The predicted octanol–water partition coefficient (Wildman–Crippen LogP) is 1.71. The number of benzene rings is 1. The fourth-order valence-corrected chi connectivity index (χ4v) is 2.03. The Hall–Kier alpha value is -1.07. The second kappa shape index (κ2) is 5.32. The summed E-state index contributed by atoms with van der Waals surface area (Å²) in [5, 5.41) is 0. The number of amidine groups is 1. The van der Waals surface area contributed by atoms with E-state index in [1.54, 1.807) is 19.1 Å². The lowest BCUT2D eigenvalue weighted by Crippen LogP contribution is -2.12. The molecule has 0 bridgehead atoms. The molecular formula is C10H13ClN2O2S. The number of rotatable bonds is 4. The van der Waals surface area contributed by atoms with Gasteiger partial charge in [-0.2, -0.15) is 0 Å². The van der Waals surface area contributed by atoms with E-state index in [0.29, 0.717) is 16.4 Å². The highest BCUT2D eigenvalue weighted by atomic mass is 35.5. The van der Waals surface area contributed by atoms with Crippen LogP contribution in [0.15, 0.2) is 34.2 Å². The zero-order chi connectivity index (χ0) is 12.2. The van der Waals surface area contributed by atoms with E-state index >= 15 is 0 Å². The van der Waals surface area contributed by atoms with Gasteiger partial charge in [0.15, 0.2) is 9.84 Å². The number of aliphatic imine (C=N–C) groups is 1. The largest absolute Gasteiger partial charge is 0.386 e. The summed E-state index contributed by atoms with van der Waals surface area (Å²) in [6.07, 6.45) is 0. The molecule has 0 radical (unpaired) electrons. The summed E-state index contributed by atoms with van der Waals surface area (Å²) in [7, 11) is -3.15. The van der Waals surface area contributed by atoms with Gasteiger partial charge in [-0.05, 0) is 24.3 Å². The molecule has 0 saturated heterocycles. The molecule has 1 aromatic carbocycles. The van der Waals surface area contributed by atoms with Crippen molar-refractivity contribution in [2.45, 2.75) is 11.8 Å². The summed E-state index contributed by atoms with van der Waals surface area (Å²) >= 11 is 5.48. The summed E-state index contributed by atoms with van der Waals surface area (Å²) in [6.45, 7) is 1.60. The first kappa shape index (κ1) is 13.0. The molecule has 0 fully saturated rings. The highest BCUT2D eigenvalue weighted by molar-refractivity contribution is 7.91. The standard InChI is InChI=1S/C10H13ClN2O2S/c1-2-16(14,15)9-5-3-8(4-6-9)13-10(12)7-11/h3-6H,2,7H2,1H3,(H2,12,13). The quantitative estimate of drug-likeness (QED) is 0.509. The molecule has 0 aliphatic heterocycles. The molecule has 1 aromatic rings. The number of hydrogen-bond donors (Lipinski definition) is 1. The first-order valence-electron chi connectivity index (χ1n) is 4.71. The lowest BCUT2D eigenvalue weighted by molar-refractivity contribution is 0.597. The van der Waals surface area contributed by atoms with Gasteiger partial charge >= 0.3 is 0 Å². The van der Waals surface area contributed by atoms with Crippen LogP contribution in [0.4, 0.5) is 5.69 Å². The van der Waals surface area contributed by atoms with Crippen LogP contribution in [-0.2, 0) is 9.84 Å². The normalized spacial score (nSPS) is 12.8. The zero-order valence-corrected chi connectivity index (χ0v) is 10.4. The van der Waals surface area contributed by atoms with E-state index in [0.717, 1.165) is 0 Å². The Morgan fingerprint density at radius 1 is 1.38 bits per heavy atom. The smallest absolute Gasteiger partial charge is 0.178 e. The van der Waals surface area contributed by atoms with Crippen molar-refractivity contribution in [3.05, 3.63) is 24.3 Å². The second-order valence-corrected chi connectivity index (χ2v) is 5.68. The third-order valence-corrected chi connectivity index (χ3v) is 4.01. The molecule has 6 heteroatoms. The Kier molecular flexibility index (Phi) is 4.32. The van der Waals surface area contributed by atoms with Crippen LogP contribution >= 0.6 is 11.6 Å². The molecule has 0 saturated carbocycles. The van der Waals surface area contributed by atoms with E-state index in [9.17, 15) is 8.42 Å².